The molecule has 0 heterocycles. The molecule has 14 heavy (non-hydrogen) atoms. The van der Waals surface area contributed by atoms with Crippen LogP contribution in [0.5, 0.6) is 0 Å². The van der Waals surface area contributed by atoms with Crippen LogP contribution in [-0.2, 0) is 9.53 Å². The molecule has 0 spiro atoms. The van der Waals surface area contributed by atoms with Crippen LogP contribution in [0.25, 0.3) is 0 Å². The first kappa shape index (κ1) is 11.0. The minimum atomic E-state index is -0.637. The fourth-order valence-electron chi connectivity index (χ4n) is 2.04. The Morgan fingerprint density at radius 3 is 2.43 bits per heavy atom. The highest BCUT2D eigenvalue weighted by molar-refractivity contribution is 5.91. The van der Waals surface area contributed by atoms with Crippen molar-refractivity contribution < 1.29 is 15.8 Å². The van der Waals surface area contributed by atoms with Gasteiger partial charge >= 0.3 is 6.09 Å². The summed E-state index contributed by atoms with van der Waals surface area (Å²) in [5.74, 6) is 0.111. The van der Waals surface area contributed by atoms with Crippen LogP contribution in [0.15, 0.2) is 0 Å². The summed E-state index contributed by atoms with van der Waals surface area (Å²) in [7, 11) is 1.31. The van der Waals surface area contributed by atoms with Gasteiger partial charge in [0.05, 0.1) is 7.11 Å². The molecule has 4 heteroatoms. The van der Waals surface area contributed by atoms with Crippen LogP contribution >= 0.6 is 0 Å². The lowest BCUT2D eigenvalue weighted by Crippen LogP contribution is -2.52. The number of alkyl carbamates (subject to hydrolysis) is 1. The Hall–Kier alpha value is -1.06. The van der Waals surface area contributed by atoms with Crippen LogP contribution in [0.1, 0.15) is 40.5 Å². The molecule has 0 aromatic carbocycles. The van der Waals surface area contributed by atoms with Crippen LogP contribution in [0.2, 0.25) is 0 Å². The van der Waals surface area contributed by atoms with E-state index in [-0.39, 0.29) is 7.21 Å². The van der Waals surface area contributed by atoms with E-state index in [0.29, 0.717) is 6.42 Å². The van der Waals surface area contributed by atoms with Crippen molar-refractivity contribution in [2.24, 2.45) is 0 Å². The maximum absolute atomic E-state index is 11.7. The van der Waals surface area contributed by atoms with E-state index < -0.39 is 11.6 Å². The van der Waals surface area contributed by atoms with Crippen molar-refractivity contribution >= 4 is 11.9 Å². The van der Waals surface area contributed by atoms with Crippen molar-refractivity contribution in [1.29, 1.82) is 0 Å². The number of amides is 1. The third kappa shape index (κ3) is 2.05. The van der Waals surface area contributed by atoms with E-state index in [2.05, 4.69) is 10.1 Å². The summed E-state index contributed by atoms with van der Waals surface area (Å²) in [5, 5.41) is 2.68. The Kier molecular flexibility index (Phi) is 3.49. The molecule has 1 rings (SSSR count). The fourth-order valence-corrected chi connectivity index (χ4v) is 2.04. The molecule has 1 aliphatic carbocycles. The first-order valence-corrected chi connectivity index (χ1v) is 5.04. The van der Waals surface area contributed by atoms with Crippen LogP contribution in [0.4, 0.5) is 4.79 Å². The molecular weight excluding hydrogens is 182 g/mol. The summed E-state index contributed by atoms with van der Waals surface area (Å²) >= 11 is 0. The second kappa shape index (κ2) is 4.44. The Labute approximate surface area is 85.5 Å². The van der Waals surface area contributed by atoms with Gasteiger partial charge in [-0.25, -0.2) is 4.79 Å². The molecule has 0 aliphatic heterocycles. The van der Waals surface area contributed by atoms with E-state index in [1.165, 1.54) is 7.11 Å². The van der Waals surface area contributed by atoms with Crippen molar-refractivity contribution in [3.8, 4) is 0 Å². The second-order valence-electron chi connectivity index (χ2n) is 3.68. The quantitative estimate of drug-likeness (QED) is 0.758. The molecule has 1 aliphatic rings. The molecule has 1 saturated carbocycles. The van der Waals surface area contributed by atoms with Gasteiger partial charge in [0.15, 0.2) is 5.78 Å². The lowest BCUT2D eigenvalue weighted by molar-refractivity contribution is -0.124. The van der Waals surface area contributed by atoms with Gasteiger partial charge in [-0.15, -0.1) is 0 Å². The number of ketones is 1. The summed E-state index contributed by atoms with van der Waals surface area (Å²) in [6.45, 7) is 1.82. The zero-order chi connectivity index (χ0) is 10.6. The lowest BCUT2D eigenvalue weighted by atomic mass is 9.90. The number of ether oxygens (including phenoxy) is 1. The fraction of sp³-hybridized carbons (Fsp3) is 0.800. The minimum Gasteiger partial charge on any atom is -0.453 e. The van der Waals surface area contributed by atoms with Gasteiger partial charge in [0, 0.05) is 7.85 Å². The van der Waals surface area contributed by atoms with Crippen molar-refractivity contribution in [2.45, 2.75) is 44.6 Å². The van der Waals surface area contributed by atoms with Crippen molar-refractivity contribution in [1.82, 2.24) is 5.32 Å². The van der Waals surface area contributed by atoms with Crippen LogP contribution < -0.4 is 5.32 Å². The number of nitrogens with one attached hydrogen (secondary N) is 1. The number of carbonyl (C=O) groups is 2. The number of carbonyl (C=O) groups excluding carboxylic acids is 2. The van der Waals surface area contributed by atoms with Gasteiger partial charge in [-0.1, -0.05) is 19.8 Å². The van der Waals surface area contributed by atoms with E-state index in [0.717, 1.165) is 25.7 Å². The molecule has 82 valence electrons. The monoisotopic (exact) mass is 201 g/mol. The largest absolute Gasteiger partial charge is 0.453 e. The maximum Gasteiger partial charge on any atom is 0.407 e. The van der Waals surface area contributed by atoms with Crippen LogP contribution in [0.3, 0.4) is 0 Å². The van der Waals surface area contributed by atoms with Gasteiger partial charge in [-0.3, -0.25) is 4.79 Å². The van der Waals surface area contributed by atoms with Crippen molar-refractivity contribution in [3.05, 3.63) is 0 Å². The summed E-state index contributed by atoms with van der Waals surface area (Å²) in [6, 6.07) is 0. The molecule has 0 bridgehead atoms. The number of hydrogen-bond donors (Lipinski definition) is 1. The zero-order valence-electron chi connectivity index (χ0n) is 8.76. The number of hydrogen-bond acceptors (Lipinski definition) is 3. The Morgan fingerprint density at radius 2 is 2.00 bits per heavy atom. The molecule has 1 fully saturated rings. The second-order valence-corrected chi connectivity index (χ2v) is 3.68. The molecule has 0 atom stereocenters. The Balaban J connectivity index is 0.00000196. The standard InChI is InChI=1S/C10H17NO3.H2/c1-3-8(12)10(6-4-5-7-10)11-9(13)14-2;/h3-7H2,1-2H3,(H,11,13);1H. The summed E-state index contributed by atoms with van der Waals surface area (Å²) in [6.07, 6.45) is 3.44. The average Bonchev–Trinajstić information content (AvgIpc) is 2.66. The van der Waals surface area contributed by atoms with Crippen molar-refractivity contribution in [3.63, 3.8) is 0 Å². The number of methoxy groups -OCH3 is 1. The van der Waals surface area contributed by atoms with E-state index in [9.17, 15) is 9.59 Å². The topological polar surface area (TPSA) is 55.4 Å². The summed E-state index contributed by atoms with van der Waals surface area (Å²) in [4.78, 5) is 22.8. The van der Waals surface area contributed by atoms with E-state index in [1.54, 1.807) is 0 Å². The lowest BCUT2D eigenvalue weighted by Gasteiger charge is -2.27. The number of rotatable bonds is 3. The van der Waals surface area contributed by atoms with E-state index in [1.807, 2.05) is 6.92 Å². The third-order valence-electron chi connectivity index (χ3n) is 2.84. The van der Waals surface area contributed by atoms with Crippen LogP contribution in [-0.4, -0.2) is 24.5 Å². The van der Waals surface area contributed by atoms with Crippen molar-refractivity contribution in [2.75, 3.05) is 7.11 Å². The normalized spacial score (nSPS) is 19.0. The first-order valence-electron chi connectivity index (χ1n) is 5.04. The van der Waals surface area contributed by atoms with Gasteiger partial charge < -0.3 is 10.1 Å². The molecule has 0 radical (unpaired) electrons. The van der Waals surface area contributed by atoms with Gasteiger partial charge in [0.2, 0.25) is 0 Å². The van der Waals surface area contributed by atoms with E-state index in [4.69, 9.17) is 0 Å². The molecule has 0 saturated heterocycles. The molecule has 1 amide bonds. The maximum atomic E-state index is 11.7. The molecule has 0 aromatic heterocycles. The van der Waals surface area contributed by atoms with Gasteiger partial charge in [-0.2, -0.15) is 0 Å². The van der Waals surface area contributed by atoms with Gasteiger partial charge in [-0.05, 0) is 12.8 Å². The minimum absolute atomic E-state index is 0. The molecule has 1 N–H and O–H groups in total. The van der Waals surface area contributed by atoms with Crippen LogP contribution in [0, 0.1) is 0 Å². The predicted molar refractivity (Wildman–Crippen MR) is 54.2 cm³/mol. The third-order valence-corrected chi connectivity index (χ3v) is 2.84. The van der Waals surface area contributed by atoms with Gasteiger partial charge in [0.1, 0.15) is 5.54 Å². The van der Waals surface area contributed by atoms with E-state index >= 15 is 0 Å². The molecule has 0 unspecified atom stereocenters. The molecular formula is C10H19NO3. The summed E-state index contributed by atoms with van der Waals surface area (Å²) in [5.41, 5.74) is -0.637. The Bertz CT molecular complexity index is 237. The highest BCUT2D eigenvalue weighted by Gasteiger charge is 2.41. The highest BCUT2D eigenvalue weighted by atomic mass is 16.5. The smallest absolute Gasteiger partial charge is 0.407 e. The molecule has 0 aromatic rings. The Morgan fingerprint density at radius 1 is 1.43 bits per heavy atom. The van der Waals surface area contributed by atoms with Gasteiger partial charge in [0.25, 0.3) is 0 Å². The zero-order valence-corrected chi connectivity index (χ0v) is 8.76. The average molecular weight is 201 g/mol. The first-order chi connectivity index (χ1) is 6.64. The summed E-state index contributed by atoms with van der Waals surface area (Å²) < 4.78 is 4.53. The predicted octanol–water partition coefficient (Wildman–Crippen LogP) is 1.88. The SMILES string of the molecule is CCC(=O)C1(NC(=O)OC)CCCC1.[HH]. The number of Topliss-reactive ketones (excluding diaryl/α,β-unsaturated/α-hetero) is 1. The molecule has 4 nitrogen and oxygen atoms in total. The highest BCUT2D eigenvalue weighted by Crippen LogP contribution is 2.31.